The number of carbonyl (C=O) groups is 3. The molecule has 0 aliphatic heterocycles. The molecule has 10 nitrogen and oxygen atoms in total. The summed E-state index contributed by atoms with van der Waals surface area (Å²) in [4.78, 5) is 50.5. The monoisotopic (exact) mass is 484 g/mol. The van der Waals surface area contributed by atoms with Crippen LogP contribution in [-0.2, 0) is 20.8 Å². The lowest BCUT2D eigenvalue weighted by atomic mass is 10.1. The van der Waals surface area contributed by atoms with Crippen molar-refractivity contribution in [3.05, 3.63) is 57.1 Å². The molecule has 0 saturated heterocycles. The minimum atomic E-state index is -0.826. The summed E-state index contributed by atoms with van der Waals surface area (Å²) in [6.07, 6.45) is -0.118. The van der Waals surface area contributed by atoms with E-state index < -0.39 is 17.8 Å². The second-order valence-corrected chi connectivity index (χ2v) is 7.65. The van der Waals surface area contributed by atoms with Gasteiger partial charge >= 0.3 is 11.9 Å². The molecular weight excluding hydrogens is 456 g/mol. The lowest BCUT2D eigenvalue weighted by molar-refractivity contribution is -0.116. The Morgan fingerprint density at radius 3 is 2.31 bits per heavy atom. The molecule has 2 heterocycles. The second kappa shape index (κ2) is 10.9. The maximum atomic E-state index is 12.8. The van der Waals surface area contributed by atoms with Crippen LogP contribution in [0, 0.1) is 13.8 Å². The van der Waals surface area contributed by atoms with E-state index in [0.29, 0.717) is 11.3 Å². The highest BCUT2D eigenvalue weighted by Crippen LogP contribution is 2.30. The van der Waals surface area contributed by atoms with E-state index in [4.69, 9.17) is 18.6 Å². The average Bonchev–Trinajstić information content (AvgIpc) is 3.14. The first-order valence-corrected chi connectivity index (χ1v) is 11.2. The molecule has 0 radical (unpaired) electrons. The molecular formula is C25H28N2O8. The number of amides is 1. The topological polar surface area (TPSA) is 126 Å². The highest BCUT2D eigenvalue weighted by molar-refractivity contribution is 6.09. The molecule has 0 fully saturated rings. The number of benzene rings is 1. The first-order valence-electron chi connectivity index (χ1n) is 11.2. The van der Waals surface area contributed by atoms with Crippen molar-refractivity contribution in [1.82, 2.24) is 4.57 Å². The smallest absolute Gasteiger partial charge is 0.344 e. The van der Waals surface area contributed by atoms with Gasteiger partial charge in [0.05, 0.1) is 25.8 Å². The molecule has 0 unspecified atom stereocenters. The summed E-state index contributed by atoms with van der Waals surface area (Å²) in [5, 5.41) is 3.35. The van der Waals surface area contributed by atoms with Gasteiger partial charge in [-0.15, -0.1) is 0 Å². The SMILES string of the molecule is CCOC(=O)c1c(C)oc(NC(=O)CCn2c(=O)cc(C)c3cccc(OC)c32)c1C(=O)OCC. The molecule has 2 aromatic heterocycles. The van der Waals surface area contributed by atoms with E-state index in [1.165, 1.54) is 24.7 Å². The van der Waals surface area contributed by atoms with Crippen LogP contribution in [0.3, 0.4) is 0 Å². The highest BCUT2D eigenvalue weighted by atomic mass is 16.5. The minimum absolute atomic E-state index is 0.0426. The molecule has 0 saturated carbocycles. The van der Waals surface area contributed by atoms with Gasteiger partial charge in [-0.05, 0) is 39.3 Å². The number of furan rings is 1. The predicted molar refractivity (Wildman–Crippen MR) is 128 cm³/mol. The standard InChI is InChI=1S/C25H28N2O8/c1-6-33-24(30)20-15(4)35-23(21(20)25(31)34-7-2)26-18(28)11-12-27-19(29)13-14(3)16-9-8-10-17(32-5)22(16)27/h8-10,13H,6-7,11-12H2,1-5H3,(H,26,28). The van der Waals surface area contributed by atoms with Crippen LogP contribution in [0.25, 0.3) is 10.9 Å². The molecule has 0 aliphatic carbocycles. The third-order valence-electron chi connectivity index (χ3n) is 5.38. The van der Waals surface area contributed by atoms with E-state index in [1.807, 2.05) is 19.1 Å². The molecule has 3 rings (SSSR count). The number of ether oxygens (including phenoxy) is 3. The van der Waals surface area contributed by atoms with Crippen LogP contribution in [-0.4, -0.2) is 42.7 Å². The summed E-state index contributed by atoms with van der Waals surface area (Å²) in [5.41, 5.74) is 0.777. The van der Waals surface area contributed by atoms with Crippen LogP contribution in [0.1, 0.15) is 52.3 Å². The fourth-order valence-corrected chi connectivity index (χ4v) is 3.84. The Kier molecular flexibility index (Phi) is 7.95. The fraction of sp³-hybridized carbons (Fsp3) is 0.360. The first-order chi connectivity index (χ1) is 16.7. The van der Waals surface area contributed by atoms with Crippen molar-refractivity contribution in [2.45, 2.75) is 40.7 Å². The number of aryl methyl sites for hydroxylation is 3. The number of nitrogens with zero attached hydrogens (tertiary/aromatic N) is 1. The summed E-state index contributed by atoms with van der Waals surface area (Å²) in [5.74, 6) is -1.72. The van der Waals surface area contributed by atoms with Crippen LogP contribution < -0.4 is 15.6 Å². The van der Waals surface area contributed by atoms with Gasteiger partial charge in [0.2, 0.25) is 11.8 Å². The maximum absolute atomic E-state index is 12.8. The van der Waals surface area contributed by atoms with E-state index in [0.717, 1.165) is 10.9 Å². The van der Waals surface area contributed by atoms with Crippen LogP contribution in [0.4, 0.5) is 5.88 Å². The van der Waals surface area contributed by atoms with Gasteiger partial charge in [-0.2, -0.15) is 0 Å². The van der Waals surface area contributed by atoms with Gasteiger partial charge in [-0.1, -0.05) is 12.1 Å². The Labute approximate surface area is 201 Å². The number of anilines is 1. The minimum Gasteiger partial charge on any atom is -0.495 e. The number of fused-ring (bicyclic) bond motifs is 1. The third-order valence-corrected chi connectivity index (χ3v) is 5.38. The van der Waals surface area contributed by atoms with Gasteiger partial charge in [0.15, 0.2) is 0 Å². The molecule has 0 atom stereocenters. The zero-order chi connectivity index (χ0) is 25.7. The molecule has 186 valence electrons. The van der Waals surface area contributed by atoms with E-state index in [9.17, 15) is 19.2 Å². The fourth-order valence-electron chi connectivity index (χ4n) is 3.84. The number of hydrogen-bond donors (Lipinski definition) is 1. The summed E-state index contributed by atoms with van der Waals surface area (Å²) >= 11 is 0. The van der Waals surface area contributed by atoms with E-state index in [2.05, 4.69) is 5.32 Å². The Balaban J connectivity index is 1.91. The number of nitrogens with one attached hydrogen (secondary N) is 1. The third kappa shape index (κ3) is 5.21. The molecule has 3 aromatic rings. The zero-order valence-electron chi connectivity index (χ0n) is 20.4. The van der Waals surface area contributed by atoms with Crippen LogP contribution in [0.5, 0.6) is 5.75 Å². The Morgan fingerprint density at radius 1 is 1.03 bits per heavy atom. The second-order valence-electron chi connectivity index (χ2n) is 7.65. The molecule has 0 bridgehead atoms. The van der Waals surface area contributed by atoms with Crippen molar-refractivity contribution < 1.29 is 33.0 Å². The summed E-state index contributed by atoms with van der Waals surface area (Å²) in [6.45, 7) is 6.75. The van der Waals surface area contributed by atoms with Gasteiger partial charge < -0.3 is 23.2 Å². The predicted octanol–water partition coefficient (Wildman–Crippen LogP) is 3.60. The number of pyridine rings is 1. The number of para-hydroxylation sites is 1. The molecule has 1 aromatic carbocycles. The Hall–Kier alpha value is -4.08. The van der Waals surface area contributed by atoms with E-state index in [1.54, 1.807) is 19.9 Å². The summed E-state index contributed by atoms with van der Waals surface area (Å²) in [7, 11) is 1.51. The van der Waals surface area contributed by atoms with Crippen LogP contribution >= 0.6 is 0 Å². The number of methoxy groups -OCH3 is 1. The van der Waals surface area contributed by atoms with Gasteiger partial charge in [0.25, 0.3) is 5.56 Å². The zero-order valence-corrected chi connectivity index (χ0v) is 20.4. The summed E-state index contributed by atoms with van der Waals surface area (Å²) in [6, 6.07) is 6.94. The van der Waals surface area contributed by atoms with E-state index in [-0.39, 0.29) is 54.5 Å². The molecule has 0 spiro atoms. The van der Waals surface area contributed by atoms with E-state index >= 15 is 0 Å². The first kappa shape index (κ1) is 25.5. The largest absolute Gasteiger partial charge is 0.495 e. The maximum Gasteiger partial charge on any atom is 0.344 e. The van der Waals surface area contributed by atoms with Crippen molar-refractivity contribution in [2.75, 3.05) is 25.6 Å². The van der Waals surface area contributed by atoms with Crippen LogP contribution in [0.2, 0.25) is 0 Å². The highest BCUT2D eigenvalue weighted by Gasteiger charge is 2.31. The van der Waals surface area contributed by atoms with Crippen molar-refractivity contribution in [2.24, 2.45) is 0 Å². The average molecular weight is 485 g/mol. The number of aromatic nitrogens is 1. The van der Waals surface area contributed by atoms with Gasteiger partial charge in [0, 0.05) is 24.4 Å². The van der Waals surface area contributed by atoms with Gasteiger partial charge in [0.1, 0.15) is 22.6 Å². The van der Waals surface area contributed by atoms with Crippen molar-refractivity contribution >= 4 is 34.6 Å². The van der Waals surface area contributed by atoms with Gasteiger partial charge in [-0.25, -0.2) is 9.59 Å². The number of carbonyl (C=O) groups excluding carboxylic acids is 3. The van der Waals surface area contributed by atoms with Crippen molar-refractivity contribution in [3.8, 4) is 5.75 Å². The molecule has 0 aliphatic rings. The lowest BCUT2D eigenvalue weighted by Crippen LogP contribution is -2.24. The lowest BCUT2D eigenvalue weighted by Gasteiger charge is -2.15. The normalized spacial score (nSPS) is 10.8. The summed E-state index contributed by atoms with van der Waals surface area (Å²) < 4.78 is 22.5. The Bertz CT molecular complexity index is 1340. The van der Waals surface area contributed by atoms with Crippen LogP contribution in [0.15, 0.2) is 33.5 Å². The van der Waals surface area contributed by atoms with Gasteiger partial charge in [-0.3, -0.25) is 14.9 Å². The number of hydrogen-bond acceptors (Lipinski definition) is 8. The van der Waals surface area contributed by atoms with Crippen molar-refractivity contribution in [1.29, 1.82) is 0 Å². The Morgan fingerprint density at radius 2 is 1.69 bits per heavy atom. The van der Waals surface area contributed by atoms with Crippen molar-refractivity contribution in [3.63, 3.8) is 0 Å². The number of esters is 2. The molecule has 10 heteroatoms. The number of rotatable bonds is 9. The molecule has 35 heavy (non-hydrogen) atoms. The quantitative estimate of drug-likeness (QED) is 0.457. The molecule has 1 N–H and O–H groups in total. The molecule has 1 amide bonds.